The molecule has 3 aromatic heterocycles. The molecule has 3 heterocycles. The smallest absolute Gasteiger partial charge is 0.421 e. The average molecular weight is 658 g/mol. The van der Waals surface area contributed by atoms with Crippen molar-refractivity contribution in [2.75, 3.05) is 5.32 Å². The molecule has 4 rings (SSSR count). The van der Waals surface area contributed by atoms with E-state index in [0.717, 1.165) is 29.7 Å². The molecule has 4 aromatic rings. The molecule has 10 nitrogen and oxygen atoms in total. The molecule has 43 heavy (non-hydrogen) atoms. The fourth-order valence-corrected chi connectivity index (χ4v) is 7.09. The second-order valence-corrected chi connectivity index (χ2v) is 13.7. The third-order valence-electron chi connectivity index (χ3n) is 6.09. The third-order valence-corrected chi connectivity index (χ3v) is 9.09. The minimum Gasteiger partial charge on any atom is -0.465 e. The third kappa shape index (κ3) is 7.42. The Balaban J connectivity index is 1.88. The first-order chi connectivity index (χ1) is 19.8. The first-order valence-electron chi connectivity index (χ1n) is 12.5. The number of nitrogens with one attached hydrogen (secondary N) is 3. The number of alkyl halides is 3. The van der Waals surface area contributed by atoms with Crippen molar-refractivity contribution in [1.82, 2.24) is 19.4 Å². The van der Waals surface area contributed by atoms with Crippen molar-refractivity contribution in [3.8, 4) is 11.3 Å². The number of rotatable bonds is 8. The highest BCUT2D eigenvalue weighted by Crippen LogP contribution is 2.42. The van der Waals surface area contributed by atoms with Crippen LogP contribution in [-0.2, 0) is 15.8 Å². The minimum absolute atomic E-state index is 0.00153. The molecule has 0 aliphatic carbocycles. The van der Waals surface area contributed by atoms with E-state index in [-0.39, 0.29) is 22.2 Å². The summed E-state index contributed by atoms with van der Waals surface area (Å²) in [7, 11) is -4.20. The monoisotopic (exact) mass is 657 g/mol. The molecule has 16 heteroatoms. The van der Waals surface area contributed by atoms with Gasteiger partial charge in [-0.2, -0.15) is 31.0 Å². The van der Waals surface area contributed by atoms with Gasteiger partial charge in [-0.25, -0.2) is 9.78 Å². The zero-order valence-electron chi connectivity index (χ0n) is 23.1. The number of aliphatic hydroxyl groups is 1. The molecular weight excluding hydrogens is 631 g/mol. The van der Waals surface area contributed by atoms with E-state index in [1.165, 1.54) is 12.1 Å². The van der Waals surface area contributed by atoms with E-state index >= 15 is 0 Å². The SMILES string of the molecule is CC(C)(C)NS(=O)(=O)N[C@@H](c1cc2cccc(-c3cc(C(C)(O)C(F)(F)F)ccn3)c2s1)c1nc(NC(=O)O)ccc1Cl. The molecule has 1 aromatic carbocycles. The maximum Gasteiger partial charge on any atom is 0.421 e. The van der Waals surface area contributed by atoms with Crippen molar-refractivity contribution < 1.29 is 36.6 Å². The van der Waals surface area contributed by atoms with Gasteiger partial charge in [0.15, 0.2) is 5.60 Å². The lowest BCUT2D eigenvalue weighted by Crippen LogP contribution is -2.48. The Morgan fingerprint density at radius 2 is 1.77 bits per heavy atom. The van der Waals surface area contributed by atoms with Crippen molar-refractivity contribution in [1.29, 1.82) is 0 Å². The van der Waals surface area contributed by atoms with E-state index in [1.807, 2.05) is 0 Å². The number of aromatic nitrogens is 2. The summed E-state index contributed by atoms with van der Waals surface area (Å²) in [6, 6.07) is 10.4. The highest BCUT2D eigenvalue weighted by molar-refractivity contribution is 7.87. The van der Waals surface area contributed by atoms with Gasteiger partial charge in [-0.3, -0.25) is 10.3 Å². The number of hydrogen-bond acceptors (Lipinski definition) is 7. The normalized spacial score (nSPS) is 14.8. The van der Waals surface area contributed by atoms with Crippen LogP contribution in [0, 0.1) is 0 Å². The Morgan fingerprint density at radius 3 is 2.40 bits per heavy atom. The zero-order valence-corrected chi connectivity index (χ0v) is 25.5. The molecule has 0 saturated heterocycles. The summed E-state index contributed by atoms with van der Waals surface area (Å²) in [5, 5.41) is 22.1. The molecular formula is C27H27ClF3N5O5S2. The molecule has 0 aliphatic rings. The number of carboxylic acid groups (broad SMARTS) is 1. The van der Waals surface area contributed by atoms with Crippen LogP contribution in [0.1, 0.15) is 49.9 Å². The number of halogens is 4. The molecule has 2 atom stereocenters. The van der Waals surface area contributed by atoms with Crippen LogP contribution >= 0.6 is 22.9 Å². The number of hydrogen-bond donors (Lipinski definition) is 5. The van der Waals surface area contributed by atoms with Gasteiger partial charge >= 0.3 is 12.3 Å². The highest BCUT2D eigenvalue weighted by Gasteiger charge is 2.51. The van der Waals surface area contributed by atoms with Crippen LogP contribution in [-0.4, -0.2) is 46.4 Å². The van der Waals surface area contributed by atoms with E-state index in [4.69, 9.17) is 16.7 Å². The Hall–Kier alpha value is -3.34. The van der Waals surface area contributed by atoms with Crippen molar-refractivity contribution in [2.24, 2.45) is 0 Å². The van der Waals surface area contributed by atoms with Crippen LogP contribution in [0.2, 0.25) is 5.02 Å². The summed E-state index contributed by atoms with van der Waals surface area (Å²) >= 11 is 7.56. The lowest BCUT2D eigenvalue weighted by molar-refractivity contribution is -0.258. The fraction of sp³-hybridized carbons (Fsp3) is 0.296. The van der Waals surface area contributed by atoms with Gasteiger partial charge in [-0.1, -0.05) is 29.8 Å². The number of thiophene rings is 1. The van der Waals surface area contributed by atoms with E-state index in [0.29, 0.717) is 27.5 Å². The van der Waals surface area contributed by atoms with Crippen LogP contribution in [0.5, 0.6) is 0 Å². The molecule has 0 saturated carbocycles. The van der Waals surface area contributed by atoms with E-state index in [2.05, 4.69) is 24.7 Å². The Bertz CT molecular complexity index is 1790. The number of anilines is 1. The van der Waals surface area contributed by atoms with Crippen LogP contribution in [0.3, 0.4) is 0 Å². The quantitative estimate of drug-likeness (QED) is 0.152. The molecule has 0 radical (unpaired) electrons. The van der Waals surface area contributed by atoms with Gasteiger partial charge in [0.25, 0.3) is 10.2 Å². The molecule has 1 unspecified atom stereocenters. The molecule has 5 N–H and O–H groups in total. The number of benzene rings is 1. The number of nitrogens with zero attached hydrogens (tertiary/aromatic N) is 2. The predicted octanol–water partition coefficient (Wildman–Crippen LogP) is 6.18. The summed E-state index contributed by atoms with van der Waals surface area (Å²) in [6.45, 7) is 5.59. The maximum atomic E-state index is 13.5. The molecule has 0 fully saturated rings. The molecule has 0 spiro atoms. The Labute approximate surface area is 254 Å². The average Bonchev–Trinajstić information content (AvgIpc) is 3.30. The van der Waals surface area contributed by atoms with Crippen LogP contribution in [0.4, 0.5) is 23.8 Å². The number of amides is 1. The van der Waals surface area contributed by atoms with Crippen LogP contribution in [0.15, 0.2) is 54.7 Å². The first kappa shape index (κ1) is 32.6. The van der Waals surface area contributed by atoms with Crippen molar-refractivity contribution in [2.45, 2.75) is 51.1 Å². The Kier molecular flexibility index (Phi) is 8.81. The standard InChI is InChI=1S/C27H27ClF3N5O5S2/c1-25(2,3)36-43(40,41)35-22(21-17(28)8-9-20(33-21)34-24(37)38)19-12-14-6-5-7-16(23(14)42-19)18-13-15(10-11-32-18)26(4,39)27(29,30)31/h5-13,22,35-36,39H,1-4H3,(H,33,34)(H,37,38)/t22-,26?/m0/s1. The summed E-state index contributed by atoms with van der Waals surface area (Å²) in [4.78, 5) is 20.1. The Morgan fingerprint density at radius 1 is 1.07 bits per heavy atom. The fourth-order valence-electron chi connectivity index (χ4n) is 4.15. The number of fused-ring (bicyclic) bond motifs is 1. The summed E-state index contributed by atoms with van der Waals surface area (Å²) in [6.07, 6.45) is -5.16. The van der Waals surface area contributed by atoms with Gasteiger partial charge in [-0.15, -0.1) is 11.3 Å². The highest BCUT2D eigenvalue weighted by atomic mass is 35.5. The predicted molar refractivity (Wildman–Crippen MR) is 158 cm³/mol. The van der Waals surface area contributed by atoms with Crippen LogP contribution in [0.25, 0.3) is 21.3 Å². The lowest BCUT2D eigenvalue weighted by atomic mass is 9.94. The van der Waals surface area contributed by atoms with Gasteiger partial charge in [0.1, 0.15) is 11.9 Å². The van der Waals surface area contributed by atoms with Gasteiger partial charge in [0, 0.05) is 26.9 Å². The van der Waals surface area contributed by atoms with Crippen molar-refractivity contribution in [3.05, 3.63) is 75.9 Å². The number of carbonyl (C=O) groups is 1. The molecule has 0 bridgehead atoms. The van der Waals surface area contributed by atoms with Gasteiger partial charge in [-0.05, 0) is 69.0 Å². The minimum atomic E-state index is -4.94. The van der Waals surface area contributed by atoms with Crippen molar-refractivity contribution >= 4 is 55.1 Å². The van der Waals surface area contributed by atoms with E-state index in [9.17, 15) is 31.5 Å². The first-order valence-corrected chi connectivity index (χ1v) is 15.2. The van der Waals surface area contributed by atoms with Gasteiger partial charge < -0.3 is 10.2 Å². The second-order valence-electron chi connectivity index (χ2n) is 10.8. The molecule has 1 amide bonds. The second kappa shape index (κ2) is 11.6. The maximum absolute atomic E-state index is 13.5. The molecule has 0 aliphatic heterocycles. The van der Waals surface area contributed by atoms with Gasteiger partial charge in [0.05, 0.1) is 16.4 Å². The summed E-state index contributed by atoms with van der Waals surface area (Å²) in [5.74, 6) is -0.0978. The summed E-state index contributed by atoms with van der Waals surface area (Å²) in [5.41, 5.74) is -3.81. The molecule has 230 valence electrons. The van der Waals surface area contributed by atoms with E-state index in [1.54, 1.807) is 45.0 Å². The van der Waals surface area contributed by atoms with Gasteiger partial charge in [0.2, 0.25) is 0 Å². The van der Waals surface area contributed by atoms with Crippen LogP contribution < -0.4 is 14.8 Å². The zero-order chi connectivity index (χ0) is 32.0. The lowest BCUT2D eigenvalue weighted by Gasteiger charge is -2.26. The largest absolute Gasteiger partial charge is 0.465 e. The number of pyridine rings is 2. The van der Waals surface area contributed by atoms with E-state index < -0.39 is 45.2 Å². The van der Waals surface area contributed by atoms with Crippen molar-refractivity contribution in [3.63, 3.8) is 0 Å². The summed E-state index contributed by atoms with van der Waals surface area (Å²) < 4.78 is 72.6. The topological polar surface area (TPSA) is 154 Å².